The molecule has 0 bridgehead atoms. The Balaban J connectivity index is 4.64. The average Bonchev–Trinajstić information content (AvgIpc) is 3.13. The van der Waals surface area contributed by atoms with Gasteiger partial charge in [-0.1, -0.05) is 132 Å². The molecule has 0 aliphatic heterocycles. The van der Waals surface area contributed by atoms with Crippen LogP contribution >= 0.6 is 7.82 Å². The van der Waals surface area contributed by atoms with Crippen molar-refractivity contribution in [3.05, 3.63) is 72.9 Å². The van der Waals surface area contributed by atoms with Crippen molar-refractivity contribution >= 4 is 13.7 Å². The predicted molar refractivity (Wildman–Crippen MR) is 229 cm³/mol. The van der Waals surface area contributed by atoms with Crippen LogP contribution in [-0.2, 0) is 18.4 Å². The zero-order valence-corrected chi connectivity index (χ0v) is 36.4. The molecule has 4 atom stereocenters. The summed E-state index contributed by atoms with van der Waals surface area (Å²) in [5.41, 5.74) is 0. The second-order valence-corrected chi connectivity index (χ2v) is 16.9. The van der Waals surface area contributed by atoms with Gasteiger partial charge in [-0.05, 0) is 83.5 Å². The van der Waals surface area contributed by atoms with Gasteiger partial charge in [0.1, 0.15) is 19.3 Å². The highest BCUT2D eigenvalue weighted by atomic mass is 31.2. The van der Waals surface area contributed by atoms with Crippen LogP contribution in [-0.4, -0.2) is 79.8 Å². The molecule has 0 aromatic carbocycles. The van der Waals surface area contributed by atoms with E-state index in [1.807, 2.05) is 21.1 Å². The minimum absolute atomic E-state index is 0.0570. The van der Waals surface area contributed by atoms with Gasteiger partial charge in [0.2, 0.25) is 5.91 Å². The van der Waals surface area contributed by atoms with Crippen molar-refractivity contribution in [2.45, 2.75) is 167 Å². The highest BCUT2D eigenvalue weighted by Gasteiger charge is 2.29. The number of amides is 1. The number of allylic oxidation sites excluding steroid dienone is 12. The van der Waals surface area contributed by atoms with Crippen molar-refractivity contribution in [3.63, 3.8) is 0 Å². The lowest BCUT2D eigenvalue weighted by molar-refractivity contribution is -0.870. The SMILES string of the molecule is CC/C=C\C/C=C\C/C=C\C/C=C\C/C=C\CCCCCC(=O)NC(COP(=O)([O-])OCC[N+](C)(C)C)C(O)C(O)CCC/C=C/CCCCCCCCC. The van der Waals surface area contributed by atoms with Crippen molar-refractivity contribution in [2.75, 3.05) is 40.9 Å². The van der Waals surface area contributed by atoms with Crippen LogP contribution in [0.4, 0.5) is 0 Å². The molecule has 0 aliphatic rings. The summed E-state index contributed by atoms with van der Waals surface area (Å²) >= 11 is 0. The van der Waals surface area contributed by atoms with Crippen LogP contribution in [0.1, 0.15) is 149 Å². The number of nitrogens with zero attached hydrogens (tertiary/aromatic N) is 1. The molecule has 0 radical (unpaired) electrons. The van der Waals surface area contributed by atoms with E-state index in [2.05, 4.69) is 92.1 Å². The Morgan fingerprint density at radius 2 is 1.15 bits per heavy atom. The molecule has 4 unspecified atom stereocenters. The number of carbonyl (C=O) groups excluding carboxylic acids is 1. The third kappa shape index (κ3) is 37.3. The summed E-state index contributed by atoms with van der Waals surface area (Å²) in [6, 6.07) is -1.11. The maximum atomic E-state index is 12.9. The number of nitrogens with one attached hydrogen (secondary N) is 1. The van der Waals surface area contributed by atoms with Gasteiger partial charge < -0.3 is 34.0 Å². The molecule has 55 heavy (non-hydrogen) atoms. The van der Waals surface area contributed by atoms with E-state index in [1.54, 1.807) is 0 Å². The van der Waals surface area contributed by atoms with E-state index in [0.29, 0.717) is 30.3 Å². The van der Waals surface area contributed by atoms with Crippen LogP contribution in [0, 0.1) is 0 Å². The molecule has 9 nitrogen and oxygen atoms in total. The second kappa shape index (κ2) is 36.3. The van der Waals surface area contributed by atoms with E-state index in [9.17, 15) is 24.5 Å². The van der Waals surface area contributed by atoms with Gasteiger partial charge in [0.25, 0.3) is 7.82 Å². The fourth-order valence-corrected chi connectivity index (χ4v) is 6.29. The monoisotopic (exact) mass is 793 g/mol. The molecule has 0 rings (SSSR count). The molecule has 318 valence electrons. The third-order valence-electron chi connectivity index (χ3n) is 9.02. The Morgan fingerprint density at radius 1 is 0.673 bits per heavy atom. The molecule has 0 saturated carbocycles. The number of phosphoric ester groups is 1. The van der Waals surface area contributed by atoms with Gasteiger partial charge in [0.15, 0.2) is 0 Å². The fraction of sp³-hybridized carbons (Fsp3) is 0.711. The molecular formula is C45H81N2O7P. The van der Waals surface area contributed by atoms with Crippen molar-refractivity contribution in [1.29, 1.82) is 0 Å². The Kier molecular flexibility index (Phi) is 34.9. The van der Waals surface area contributed by atoms with Crippen LogP contribution in [0.2, 0.25) is 0 Å². The number of phosphoric acid groups is 1. The molecule has 0 saturated heterocycles. The van der Waals surface area contributed by atoms with E-state index in [1.165, 1.54) is 44.9 Å². The minimum Gasteiger partial charge on any atom is -0.756 e. The number of quaternary nitrogens is 1. The predicted octanol–water partition coefficient (Wildman–Crippen LogP) is 9.97. The standard InChI is InChI=1S/C45H81N2O7P/c1-6-8-10-12-14-16-18-20-21-22-23-24-25-26-28-30-32-34-36-38-44(49)46-42(41-54-55(51,52)53-40-39-47(3,4)5)45(50)43(48)37-35-33-31-29-27-19-17-15-13-11-9-7-2/h8,10,14,16,20-21,23-24,26,28-29,31,42-43,45,48,50H,6-7,9,11-13,15,17-19,22,25,27,30,32-41H2,1-5H3,(H-,46,49,51,52)/b10-8-,16-14-,21-20-,24-23-,28-26-,31-29+. The number of aliphatic hydroxyl groups excluding tert-OH is 2. The smallest absolute Gasteiger partial charge is 0.268 e. The van der Waals surface area contributed by atoms with Crippen LogP contribution < -0.4 is 10.2 Å². The van der Waals surface area contributed by atoms with Crippen LogP contribution in [0.3, 0.4) is 0 Å². The lowest BCUT2D eigenvalue weighted by Gasteiger charge is -2.31. The first kappa shape index (κ1) is 52.9. The molecule has 0 aliphatic carbocycles. The molecule has 0 fully saturated rings. The Labute approximate surface area is 336 Å². The van der Waals surface area contributed by atoms with E-state index < -0.39 is 32.7 Å². The zero-order valence-electron chi connectivity index (χ0n) is 35.5. The topological polar surface area (TPSA) is 128 Å². The summed E-state index contributed by atoms with van der Waals surface area (Å²) in [5, 5.41) is 24.5. The molecule has 3 N–H and O–H groups in total. The largest absolute Gasteiger partial charge is 0.756 e. The van der Waals surface area contributed by atoms with Gasteiger partial charge >= 0.3 is 0 Å². The maximum absolute atomic E-state index is 12.9. The number of hydrogen-bond donors (Lipinski definition) is 3. The molecule has 1 amide bonds. The summed E-state index contributed by atoms with van der Waals surface area (Å²) in [7, 11) is 1.07. The van der Waals surface area contributed by atoms with Crippen molar-refractivity contribution < 1.29 is 38.0 Å². The number of likely N-dealkylation sites (N-methyl/N-ethyl adjacent to an activating group) is 1. The first-order valence-electron chi connectivity index (χ1n) is 21.4. The number of carbonyl (C=O) groups is 1. The highest BCUT2D eigenvalue weighted by Crippen LogP contribution is 2.38. The van der Waals surface area contributed by atoms with Crippen LogP contribution in [0.5, 0.6) is 0 Å². The van der Waals surface area contributed by atoms with Gasteiger partial charge in [0, 0.05) is 6.42 Å². The minimum atomic E-state index is -4.68. The maximum Gasteiger partial charge on any atom is 0.268 e. The Hall–Kier alpha value is -2.10. The molecular weight excluding hydrogens is 711 g/mol. The fourth-order valence-electron chi connectivity index (χ4n) is 5.57. The van der Waals surface area contributed by atoms with Gasteiger partial charge in [-0.2, -0.15) is 0 Å². The second-order valence-electron chi connectivity index (χ2n) is 15.4. The molecule has 0 spiro atoms. The number of unbranched alkanes of at least 4 members (excludes halogenated alkanes) is 11. The quantitative estimate of drug-likeness (QED) is 0.0247. The lowest BCUT2D eigenvalue weighted by atomic mass is 10.0. The van der Waals surface area contributed by atoms with Gasteiger partial charge in [-0.25, -0.2) is 0 Å². The summed E-state index contributed by atoms with van der Waals surface area (Å²) in [5.74, 6) is -0.324. The molecule has 10 heteroatoms. The summed E-state index contributed by atoms with van der Waals surface area (Å²) < 4.78 is 23.1. The highest BCUT2D eigenvalue weighted by molar-refractivity contribution is 7.45. The average molecular weight is 793 g/mol. The number of aliphatic hydroxyl groups is 2. The number of hydrogen-bond acceptors (Lipinski definition) is 7. The van der Waals surface area contributed by atoms with Crippen molar-refractivity contribution in [3.8, 4) is 0 Å². The molecule has 0 aromatic rings. The summed E-state index contributed by atoms with van der Waals surface area (Å²) in [6.45, 7) is 4.23. The lowest BCUT2D eigenvalue weighted by Crippen LogP contribution is -2.51. The van der Waals surface area contributed by atoms with E-state index in [-0.39, 0.29) is 18.9 Å². The first-order chi connectivity index (χ1) is 26.4. The van der Waals surface area contributed by atoms with Crippen molar-refractivity contribution in [2.24, 2.45) is 0 Å². The number of rotatable bonds is 37. The normalized spacial score (nSPS) is 15.7. The summed E-state index contributed by atoms with van der Waals surface area (Å²) in [6.07, 6.45) is 43.7. The third-order valence-corrected chi connectivity index (χ3v) is 9.98. The van der Waals surface area contributed by atoms with Gasteiger partial charge in [0.05, 0.1) is 39.9 Å². The Morgan fingerprint density at radius 3 is 1.69 bits per heavy atom. The van der Waals surface area contributed by atoms with E-state index in [4.69, 9.17) is 9.05 Å². The Bertz CT molecular complexity index is 1140. The van der Waals surface area contributed by atoms with Crippen LogP contribution in [0.25, 0.3) is 0 Å². The van der Waals surface area contributed by atoms with E-state index >= 15 is 0 Å². The zero-order chi connectivity index (χ0) is 40.9. The van der Waals surface area contributed by atoms with Gasteiger partial charge in [-0.15, -0.1) is 0 Å². The summed E-state index contributed by atoms with van der Waals surface area (Å²) in [4.78, 5) is 25.3. The first-order valence-corrected chi connectivity index (χ1v) is 22.8. The van der Waals surface area contributed by atoms with Crippen molar-refractivity contribution in [1.82, 2.24) is 5.32 Å². The van der Waals surface area contributed by atoms with E-state index in [0.717, 1.165) is 64.2 Å². The molecule has 0 heterocycles. The van der Waals surface area contributed by atoms with Gasteiger partial charge in [-0.3, -0.25) is 9.36 Å². The molecule has 0 aromatic heterocycles. The van der Waals surface area contributed by atoms with Crippen LogP contribution in [0.15, 0.2) is 72.9 Å².